The summed E-state index contributed by atoms with van der Waals surface area (Å²) in [6.45, 7) is -2.48. The number of aliphatic carboxylic acids is 1. The molecule has 1 aromatic carbocycles. The number of rotatable bonds is 26. The van der Waals surface area contributed by atoms with Gasteiger partial charge in [-0.3, -0.25) is 22.1 Å². The standard InChI is InChI=1S/C34H53N3O26S5/c1-15(38)36-23-29(60-34-27(45)30(63-68(54,55)56)26(44)31(61-34)32(46)47)28(62-67(51,52)53)21(14-58-66(48,49)50)59-33(23)57-13-20(40)25(43)24(42)19(39)12-35-16-5-4-6-17(11-16)37-22(41)8-3-2-7-18-9-10-64-65-18/h4-6,11,18-21,23-31,33-35,39-40,42-45H,2-3,7-10,12-14H2,1H3,(H,36,38)(H,37,41)(H,46,47)(H,48,49,50)(H,51,52,53)(H,54,55,56)/p-4/t18?,19-,20+,21+,23+,24+,25+,26-,27+,28-,29+,30-,31-,33-,34+/m0/s1. The van der Waals surface area contributed by atoms with Crippen LogP contribution in [0.25, 0.3) is 0 Å². The Hall–Kier alpha value is -2.66. The zero-order valence-electron chi connectivity index (χ0n) is 35.2. The Labute approximate surface area is 396 Å². The normalized spacial score (nSPS) is 29.9. The Morgan fingerprint density at radius 3 is 2.10 bits per heavy atom. The van der Waals surface area contributed by atoms with Crippen molar-refractivity contribution >= 4 is 81.9 Å². The average Bonchev–Trinajstić information content (AvgIpc) is 3.76. The van der Waals surface area contributed by atoms with Gasteiger partial charge < -0.3 is 89.1 Å². The summed E-state index contributed by atoms with van der Waals surface area (Å²) in [5.41, 5.74) is 0.761. The molecule has 390 valence electrons. The number of aliphatic hydroxyl groups excluding tert-OH is 6. The Balaban J connectivity index is 1.50. The molecule has 2 amide bonds. The van der Waals surface area contributed by atoms with E-state index in [0.717, 1.165) is 31.9 Å². The molecular formula is C34H49N3O26S5-4. The minimum Gasteiger partial charge on any atom is -0.726 e. The minimum absolute atomic E-state index is 0.220. The van der Waals surface area contributed by atoms with Gasteiger partial charge in [-0.25, -0.2) is 25.3 Å². The van der Waals surface area contributed by atoms with Crippen LogP contribution in [0.1, 0.15) is 39.0 Å². The molecule has 3 heterocycles. The van der Waals surface area contributed by atoms with Gasteiger partial charge >= 0.3 is 0 Å². The fourth-order valence-electron chi connectivity index (χ4n) is 6.92. The molecule has 15 atom stereocenters. The molecule has 1 aromatic rings. The number of carbonyl (C=O) groups excluding carboxylic acids is 3. The molecule has 1 unspecified atom stereocenters. The zero-order chi connectivity index (χ0) is 50.7. The number of hydrogen-bond donors (Lipinski definition) is 9. The van der Waals surface area contributed by atoms with Crippen LogP contribution >= 0.6 is 21.6 Å². The van der Waals surface area contributed by atoms with Crippen LogP contribution in [0.3, 0.4) is 0 Å². The van der Waals surface area contributed by atoms with Crippen molar-refractivity contribution < 1.29 is 121 Å². The molecule has 4 rings (SSSR count). The van der Waals surface area contributed by atoms with Crippen LogP contribution in [0.5, 0.6) is 0 Å². The van der Waals surface area contributed by atoms with E-state index in [-0.39, 0.29) is 5.91 Å². The molecule has 68 heavy (non-hydrogen) atoms. The number of ether oxygens (including phenoxy) is 4. The first-order chi connectivity index (χ1) is 31.6. The molecule has 0 aromatic heterocycles. The van der Waals surface area contributed by atoms with Crippen LogP contribution in [0.15, 0.2) is 24.3 Å². The molecule has 0 radical (unpaired) electrons. The van der Waals surface area contributed by atoms with E-state index in [4.69, 9.17) is 18.9 Å². The topological polar surface area (TPSA) is 468 Å². The SMILES string of the molecule is CC(=O)N[C@H]1[C@@H](OC[C@@H](O)[C@@H](O)[C@H](O)[C@@H](O)CNc2cccc(NC(=O)CCCCC3CCSS3)c2)O[C@H](COS(=O)(=O)[O-])[C@H](OS(=O)(=O)[O-])[C@@H]1O[C@@H]1O[C@H](C(=O)[O-])[C@@H](O)[C@H](OS(=O)(=O)[O-])[C@H]1O. The maximum absolute atomic E-state index is 12.5. The van der Waals surface area contributed by atoms with Gasteiger partial charge in [0.2, 0.25) is 43.0 Å². The molecule has 3 aliphatic rings. The van der Waals surface area contributed by atoms with Crippen LogP contribution in [-0.2, 0) is 77.1 Å². The van der Waals surface area contributed by atoms with Crippen LogP contribution in [0.4, 0.5) is 11.4 Å². The van der Waals surface area contributed by atoms with E-state index in [1.165, 1.54) is 6.07 Å². The third kappa shape index (κ3) is 18.5. The lowest BCUT2D eigenvalue weighted by Crippen LogP contribution is -2.69. The van der Waals surface area contributed by atoms with Gasteiger partial charge in [-0.05, 0) is 37.5 Å². The number of nitrogens with one attached hydrogen (secondary N) is 3. The van der Waals surface area contributed by atoms with Crippen molar-refractivity contribution in [2.75, 3.05) is 36.1 Å². The molecule has 3 saturated heterocycles. The molecule has 3 aliphatic heterocycles. The number of amides is 2. The monoisotopic (exact) mass is 1080 g/mol. The molecule has 0 aliphatic carbocycles. The van der Waals surface area contributed by atoms with E-state index in [1.807, 2.05) is 21.6 Å². The van der Waals surface area contributed by atoms with Crippen molar-refractivity contribution in [3.8, 4) is 0 Å². The highest BCUT2D eigenvalue weighted by Gasteiger charge is 2.55. The summed E-state index contributed by atoms with van der Waals surface area (Å²) in [6, 6.07) is 4.09. The Bertz CT molecular complexity index is 2170. The first kappa shape index (κ1) is 57.9. The number of unbranched alkanes of at least 4 members (excludes halogenated alkanes) is 1. The van der Waals surface area contributed by atoms with Gasteiger partial charge in [0.1, 0.15) is 67.1 Å². The number of carboxylic acid groups (broad SMARTS) is 1. The largest absolute Gasteiger partial charge is 0.726 e. The van der Waals surface area contributed by atoms with E-state index in [9.17, 15) is 89.0 Å². The predicted octanol–water partition coefficient (Wildman–Crippen LogP) is -5.81. The number of hydrogen-bond acceptors (Lipinski definition) is 29. The lowest BCUT2D eigenvalue weighted by atomic mass is 9.95. The molecule has 3 fully saturated rings. The minimum atomic E-state index is -6.01. The maximum Gasteiger partial charge on any atom is 0.224 e. The lowest BCUT2D eigenvalue weighted by Gasteiger charge is -2.49. The van der Waals surface area contributed by atoms with Gasteiger partial charge in [-0.15, -0.1) is 0 Å². The van der Waals surface area contributed by atoms with Gasteiger partial charge in [0.25, 0.3) is 0 Å². The predicted molar refractivity (Wildman–Crippen MR) is 222 cm³/mol. The summed E-state index contributed by atoms with van der Waals surface area (Å²) in [7, 11) is -13.9. The first-order valence-corrected chi connectivity index (χ1v) is 26.5. The van der Waals surface area contributed by atoms with Crippen molar-refractivity contribution in [3.63, 3.8) is 0 Å². The van der Waals surface area contributed by atoms with Gasteiger partial charge in [-0.1, -0.05) is 34.1 Å². The van der Waals surface area contributed by atoms with E-state index < -0.39 is 149 Å². The molecule has 9 N–H and O–H groups in total. The summed E-state index contributed by atoms with van der Waals surface area (Å²) >= 11 is 0. The highest BCUT2D eigenvalue weighted by atomic mass is 33.1. The van der Waals surface area contributed by atoms with Gasteiger partial charge in [0.05, 0.1) is 25.3 Å². The quantitative estimate of drug-likeness (QED) is 0.0181. The van der Waals surface area contributed by atoms with E-state index in [1.54, 1.807) is 18.2 Å². The number of carbonyl (C=O) groups is 3. The number of benzene rings is 1. The van der Waals surface area contributed by atoms with Crippen molar-refractivity contribution in [1.82, 2.24) is 5.32 Å². The maximum atomic E-state index is 12.5. The van der Waals surface area contributed by atoms with Gasteiger partial charge in [0.15, 0.2) is 12.6 Å². The van der Waals surface area contributed by atoms with Crippen LogP contribution in [-0.4, -0.2) is 204 Å². The van der Waals surface area contributed by atoms with Crippen molar-refractivity contribution in [2.45, 2.75) is 130 Å². The number of carboxylic acids is 1. The molecule has 34 heteroatoms. The fraction of sp³-hybridized carbons (Fsp3) is 0.735. The number of aliphatic hydroxyl groups is 6. The van der Waals surface area contributed by atoms with E-state index >= 15 is 0 Å². The highest BCUT2D eigenvalue weighted by molar-refractivity contribution is 8.77. The Morgan fingerprint density at radius 2 is 1.50 bits per heavy atom. The summed E-state index contributed by atoms with van der Waals surface area (Å²) < 4.78 is 138. The molecular weight excluding hydrogens is 1030 g/mol. The summed E-state index contributed by atoms with van der Waals surface area (Å²) in [6.07, 6.45) is -28.0. The van der Waals surface area contributed by atoms with Gasteiger partial charge in [0, 0.05) is 42.3 Å². The summed E-state index contributed by atoms with van der Waals surface area (Å²) in [5, 5.41) is 84.3. The van der Waals surface area contributed by atoms with Crippen molar-refractivity contribution in [3.05, 3.63) is 24.3 Å². The van der Waals surface area contributed by atoms with Crippen molar-refractivity contribution in [1.29, 1.82) is 0 Å². The van der Waals surface area contributed by atoms with E-state index in [0.29, 0.717) is 29.5 Å². The lowest BCUT2D eigenvalue weighted by molar-refractivity contribution is -0.362. The first-order valence-electron chi connectivity index (χ1n) is 20.1. The Morgan fingerprint density at radius 1 is 0.853 bits per heavy atom. The second-order valence-corrected chi connectivity index (χ2v) is 21.1. The van der Waals surface area contributed by atoms with E-state index in [2.05, 4.69) is 28.5 Å². The summed E-state index contributed by atoms with van der Waals surface area (Å²) in [5.74, 6) is -2.58. The van der Waals surface area contributed by atoms with Crippen LogP contribution < -0.4 is 21.1 Å². The number of anilines is 2. The molecule has 0 saturated carbocycles. The molecule has 0 bridgehead atoms. The molecule has 0 spiro atoms. The fourth-order valence-corrected chi connectivity index (χ4v) is 11.3. The molecule has 29 nitrogen and oxygen atoms in total. The summed E-state index contributed by atoms with van der Waals surface area (Å²) in [4.78, 5) is 36.8. The smallest absolute Gasteiger partial charge is 0.224 e. The third-order valence-electron chi connectivity index (χ3n) is 10.1. The second kappa shape index (κ2) is 25.6. The van der Waals surface area contributed by atoms with Crippen molar-refractivity contribution in [2.24, 2.45) is 0 Å². The second-order valence-electron chi connectivity index (χ2n) is 15.3. The highest BCUT2D eigenvalue weighted by Crippen LogP contribution is 2.40. The van der Waals surface area contributed by atoms with Crippen LogP contribution in [0, 0.1) is 0 Å². The zero-order valence-corrected chi connectivity index (χ0v) is 39.3. The van der Waals surface area contributed by atoms with Crippen LogP contribution in [0.2, 0.25) is 0 Å². The third-order valence-corrected chi connectivity index (χ3v) is 14.4. The Kier molecular flexibility index (Phi) is 21.8. The average molecular weight is 1080 g/mol. The van der Waals surface area contributed by atoms with Gasteiger partial charge in [-0.2, -0.15) is 0 Å².